The summed E-state index contributed by atoms with van der Waals surface area (Å²) >= 11 is 1.20. The van der Waals surface area contributed by atoms with Crippen LogP contribution in [0.15, 0.2) is 9.64 Å². The lowest BCUT2D eigenvalue weighted by Crippen LogP contribution is -2.57. The monoisotopic (exact) mass is 353 g/mol. The van der Waals surface area contributed by atoms with Crippen LogP contribution < -0.4 is 10.6 Å². The van der Waals surface area contributed by atoms with Crippen LogP contribution in [0.25, 0.3) is 0 Å². The fraction of sp³-hybridized carbons (Fsp3) is 0.643. The van der Waals surface area contributed by atoms with E-state index in [2.05, 4.69) is 20.8 Å². The molecule has 3 rings (SSSR count). The van der Waals surface area contributed by atoms with Crippen LogP contribution in [0.1, 0.15) is 25.7 Å². The molecule has 2 N–H and O–H groups in total. The van der Waals surface area contributed by atoms with Crippen LogP contribution in [0.3, 0.4) is 0 Å². The van der Waals surface area contributed by atoms with Gasteiger partial charge in [-0.05, 0) is 19.8 Å². The number of carbonyl (C=O) groups is 3. The fourth-order valence-corrected chi connectivity index (χ4v) is 3.48. The molecule has 2 unspecified atom stereocenters. The van der Waals surface area contributed by atoms with Gasteiger partial charge in [0.05, 0.1) is 11.7 Å². The first-order valence-electron chi connectivity index (χ1n) is 7.87. The van der Waals surface area contributed by atoms with Gasteiger partial charge in [0.25, 0.3) is 5.22 Å². The first-order chi connectivity index (χ1) is 11.5. The minimum absolute atomic E-state index is 0.0697. The molecule has 2 fully saturated rings. The highest BCUT2D eigenvalue weighted by atomic mass is 32.2. The topological polar surface area (TPSA) is 117 Å². The highest BCUT2D eigenvalue weighted by molar-refractivity contribution is 7.99. The summed E-state index contributed by atoms with van der Waals surface area (Å²) in [5.41, 5.74) is 0. The molecule has 0 aliphatic carbocycles. The van der Waals surface area contributed by atoms with Crippen LogP contribution in [0.5, 0.6) is 0 Å². The summed E-state index contributed by atoms with van der Waals surface area (Å²) < 4.78 is 5.50. The van der Waals surface area contributed by atoms with Crippen LogP contribution in [0.2, 0.25) is 0 Å². The molecule has 1 aromatic heterocycles. The lowest BCUT2D eigenvalue weighted by Gasteiger charge is -2.27. The van der Waals surface area contributed by atoms with Crippen molar-refractivity contribution in [2.75, 3.05) is 18.8 Å². The summed E-state index contributed by atoms with van der Waals surface area (Å²) in [6.45, 7) is 3.38. The van der Waals surface area contributed by atoms with Crippen molar-refractivity contribution in [3.8, 4) is 0 Å². The van der Waals surface area contributed by atoms with Crippen molar-refractivity contribution in [2.45, 2.75) is 37.5 Å². The van der Waals surface area contributed by atoms with Crippen molar-refractivity contribution >= 4 is 29.6 Å². The van der Waals surface area contributed by atoms with Gasteiger partial charge in [0.2, 0.25) is 17.7 Å². The van der Waals surface area contributed by atoms with Gasteiger partial charge in [0, 0.05) is 25.6 Å². The van der Waals surface area contributed by atoms with E-state index < -0.39 is 11.9 Å². The number of imide groups is 1. The second-order valence-corrected chi connectivity index (χ2v) is 6.83. The molecule has 4 amide bonds. The summed E-state index contributed by atoms with van der Waals surface area (Å²) in [7, 11) is 0. The second kappa shape index (κ2) is 7.20. The molecule has 2 atom stereocenters. The minimum Gasteiger partial charge on any atom is -0.416 e. The van der Waals surface area contributed by atoms with Crippen molar-refractivity contribution in [2.24, 2.45) is 5.92 Å². The average Bonchev–Trinajstić information content (AvgIpc) is 3.20. The number of carbonyl (C=O) groups excluding carboxylic acids is 3. The lowest BCUT2D eigenvalue weighted by atomic mass is 9.95. The molecule has 0 bridgehead atoms. The maximum Gasteiger partial charge on any atom is 0.321 e. The van der Waals surface area contributed by atoms with Crippen molar-refractivity contribution in [1.82, 2.24) is 25.7 Å². The summed E-state index contributed by atoms with van der Waals surface area (Å²) in [5.74, 6) is -0.178. The van der Waals surface area contributed by atoms with E-state index in [1.807, 2.05) is 4.90 Å². The Kier molecular flexibility index (Phi) is 5.03. The molecule has 2 aliphatic heterocycles. The fourth-order valence-electron chi connectivity index (χ4n) is 2.79. The highest BCUT2D eigenvalue weighted by Gasteiger charge is 2.34. The van der Waals surface area contributed by atoms with Gasteiger partial charge < -0.3 is 14.6 Å². The molecule has 9 nitrogen and oxygen atoms in total. The molecule has 0 spiro atoms. The number of aromatic nitrogens is 2. The number of hydrogen-bond donors (Lipinski definition) is 2. The van der Waals surface area contributed by atoms with Gasteiger partial charge >= 0.3 is 6.03 Å². The summed E-state index contributed by atoms with van der Waals surface area (Å²) in [6.07, 6.45) is 2.35. The number of urea groups is 1. The Hall–Kier alpha value is -2.10. The molecule has 24 heavy (non-hydrogen) atoms. The smallest absolute Gasteiger partial charge is 0.321 e. The molecular weight excluding hydrogens is 334 g/mol. The Bertz CT molecular complexity index is 643. The molecule has 3 heterocycles. The van der Waals surface area contributed by atoms with E-state index in [0.717, 1.165) is 25.9 Å². The van der Waals surface area contributed by atoms with E-state index >= 15 is 0 Å². The molecule has 2 saturated heterocycles. The Labute approximate surface area is 142 Å². The minimum atomic E-state index is -0.494. The Balaban J connectivity index is 1.52. The average molecular weight is 353 g/mol. The first-order valence-corrected chi connectivity index (χ1v) is 8.86. The molecule has 2 aliphatic rings. The van der Waals surface area contributed by atoms with Gasteiger partial charge in [0.1, 0.15) is 0 Å². The van der Waals surface area contributed by atoms with E-state index in [1.165, 1.54) is 11.8 Å². The number of amides is 4. The first kappa shape index (κ1) is 16.7. The molecule has 130 valence electrons. The van der Waals surface area contributed by atoms with Crippen molar-refractivity contribution in [3.05, 3.63) is 5.89 Å². The Morgan fingerprint density at radius 1 is 1.33 bits per heavy atom. The maximum absolute atomic E-state index is 12.0. The van der Waals surface area contributed by atoms with Crippen LogP contribution in [-0.4, -0.2) is 57.8 Å². The van der Waals surface area contributed by atoms with Gasteiger partial charge in [-0.1, -0.05) is 11.8 Å². The number of thioether (sulfide) groups is 1. The van der Waals surface area contributed by atoms with E-state index in [1.54, 1.807) is 6.92 Å². The Morgan fingerprint density at radius 2 is 2.08 bits per heavy atom. The van der Waals surface area contributed by atoms with Gasteiger partial charge in [-0.3, -0.25) is 14.9 Å². The number of likely N-dealkylation sites (tertiary alicyclic amines) is 1. The van der Waals surface area contributed by atoms with Crippen molar-refractivity contribution in [1.29, 1.82) is 0 Å². The van der Waals surface area contributed by atoms with Gasteiger partial charge in [-0.2, -0.15) is 0 Å². The maximum atomic E-state index is 12.0. The Morgan fingerprint density at radius 3 is 2.79 bits per heavy atom. The van der Waals surface area contributed by atoms with E-state index in [0.29, 0.717) is 11.1 Å². The molecule has 10 heteroatoms. The number of nitrogens with zero attached hydrogens (tertiary/aromatic N) is 3. The van der Waals surface area contributed by atoms with E-state index in [4.69, 9.17) is 4.42 Å². The number of hydrogen-bond acceptors (Lipinski definition) is 7. The zero-order chi connectivity index (χ0) is 17.1. The van der Waals surface area contributed by atoms with E-state index in [-0.39, 0.29) is 30.0 Å². The summed E-state index contributed by atoms with van der Waals surface area (Å²) in [6, 6.07) is -0.808. The van der Waals surface area contributed by atoms with Crippen LogP contribution in [-0.2, 0) is 16.0 Å². The van der Waals surface area contributed by atoms with Crippen molar-refractivity contribution < 1.29 is 18.8 Å². The molecule has 0 radical (unpaired) electrons. The largest absolute Gasteiger partial charge is 0.416 e. The lowest BCUT2D eigenvalue weighted by molar-refractivity contribution is -0.127. The predicted octanol–water partition coefficient (Wildman–Crippen LogP) is 0.171. The highest BCUT2D eigenvalue weighted by Crippen LogP contribution is 2.21. The normalized spacial score (nSPS) is 24.0. The third-order valence-electron chi connectivity index (χ3n) is 4.16. The zero-order valence-electron chi connectivity index (χ0n) is 13.3. The standard InChI is InChI=1S/C14H19N5O4S/c1-8-9(12(21)16-13(22)15-8)6-10-17-18-14(23-10)24-7-11(20)19-4-2-3-5-19/h8-9H,2-7H2,1H3,(H2,15,16,21,22). The number of rotatable bonds is 5. The van der Waals surface area contributed by atoms with Gasteiger partial charge in [-0.15, -0.1) is 10.2 Å². The second-order valence-electron chi connectivity index (χ2n) is 5.90. The van der Waals surface area contributed by atoms with Crippen LogP contribution in [0.4, 0.5) is 4.79 Å². The van der Waals surface area contributed by atoms with Gasteiger partial charge in [0.15, 0.2) is 0 Å². The zero-order valence-corrected chi connectivity index (χ0v) is 14.1. The third kappa shape index (κ3) is 3.86. The predicted molar refractivity (Wildman–Crippen MR) is 84.2 cm³/mol. The SMILES string of the molecule is CC1NC(=O)NC(=O)C1Cc1nnc(SCC(=O)N2CCCC2)o1. The third-order valence-corrected chi connectivity index (χ3v) is 4.96. The number of nitrogens with one attached hydrogen (secondary N) is 2. The quantitative estimate of drug-likeness (QED) is 0.725. The van der Waals surface area contributed by atoms with Gasteiger partial charge in [-0.25, -0.2) is 4.79 Å². The summed E-state index contributed by atoms with van der Waals surface area (Å²) in [5, 5.41) is 13.0. The van der Waals surface area contributed by atoms with Crippen molar-refractivity contribution in [3.63, 3.8) is 0 Å². The van der Waals surface area contributed by atoms with Crippen LogP contribution >= 0.6 is 11.8 Å². The van der Waals surface area contributed by atoms with Crippen LogP contribution in [0, 0.1) is 5.92 Å². The molecular formula is C14H19N5O4S. The molecule has 0 aromatic carbocycles. The van der Waals surface area contributed by atoms with E-state index in [9.17, 15) is 14.4 Å². The molecule has 1 aromatic rings. The summed E-state index contributed by atoms with van der Waals surface area (Å²) in [4.78, 5) is 36.9. The molecule has 0 saturated carbocycles.